The zero-order valence-corrected chi connectivity index (χ0v) is 13.3. The number of Topliss-reactive ketones (excluding diaryl/α,β-unsaturated/α-hetero) is 1. The Bertz CT molecular complexity index is 901. The molecule has 2 aliphatic rings. The van der Waals surface area contributed by atoms with Crippen LogP contribution < -0.4 is 9.47 Å². The van der Waals surface area contributed by atoms with Gasteiger partial charge in [0.1, 0.15) is 5.78 Å². The molecule has 0 radical (unpaired) electrons. The second kappa shape index (κ2) is 6.91. The SMILES string of the molecule is [2H]C([2H])([2H])C([2H])([2H])C([2H])([2H])C([2H])([2H])C1CN2CCc3cc(OC)c(OC)cc3C2CC1=O. The Morgan fingerprint density at radius 2 is 2.13 bits per heavy atom. The summed E-state index contributed by atoms with van der Waals surface area (Å²) in [6.45, 7) is -3.05. The van der Waals surface area contributed by atoms with Gasteiger partial charge in [-0.05, 0) is 36.1 Å². The third-order valence-corrected chi connectivity index (χ3v) is 4.62. The van der Waals surface area contributed by atoms with Gasteiger partial charge in [-0.15, -0.1) is 0 Å². The van der Waals surface area contributed by atoms with Crippen molar-refractivity contribution in [3.63, 3.8) is 0 Å². The number of nitrogens with zero attached hydrogens (tertiary/aromatic N) is 1. The van der Waals surface area contributed by atoms with Crippen LogP contribution in [-0.2, 0) is 11.2 Å². The fourth-order valence-corrected chi connectivity index (χ4v) is 3.46. The summed E-state index contributed by atoms with van der Waals surface area (Å²) in [6.07, 6.45) is -9.45. The van der Waals surface area contributed by atoms with E-state index in [1.165, 1.54) is 14.2 Å². The minimum atomic E-state index is -3.49. The smallest absolute Gasteiger partial charge is 0.161 e. The van der Waals surface area contributed by atoms with E-state index in [0.717, 1.165) is 11.1 Å². The molecule has 1 aromatic rings. The second-order valence-corrected chi connectivity index (χ2v) is 5.78. The van der Waals surface area contributed by atoms with E-state index < -0.39 is 37.7 Å². The highest BCUT2D eigenvalue weighted by atomic mass is 16.5. The summed E-state index contributed by atoms with van der Waals surface area (Å²) in [7, 11) is 3.03. The molecule has 2 heterocycles. The summed E-state index contributed by atoms with van der Waals surface area (Å²) in [5.74, 6) is -1.01. The van der Waals surface area contributed by atoms with Crippen LogP contribution in [0.3, 0.4) is 0 Å². The molecule has 2 atom stereocenters. The Labute approximate surface area is 151 Å². The maximum absolute atomic E-state index is 13.1. The molecule has 0 spiro atoms. The van der Waals surface area contributed by atoms with Crippen molar-refractivity contribution in [1.82, 2.24) is 4.90 Å². The van der Waals surface area contributed by atoms with Crippen molar-refractivity contribution >= 4 is 5.78 Å². The molecule has 4 heteroatoms. The second-order valence-electron chi connectivity index (χ2n) is 5.78. The van der Waals surface area contributed by atoms with Gasteiger partial charge < -0.3 is 9.47 Å². The van der Waals surface area contributed by atoms with E-state index in [1.54, 1.807) is 6.07 Å². The predicted molar refractivity (Wildman–Crippen MR) is 90.2 cm³/mol. The molecule has 1 aromatic carbocycles. The summed E-state index contributed by atoms with van der Waals surface area (Å²) in [4.78, 5) is 14.9. The summed E-state index contributed by atoms with van der Waals surface area (Å²) in [5, 5.41) is 0. The molecule has 0 aromatic heterocycles. The molecule has 0 N–H and O–H groups in total. The fraction of sp³-hybridized carbons (Fsp3) is 0.632. The van der Waals surface area contributed by atoms with Gasteiger partial charge in [-0.25, -0.2) is 0 Å². The molecule has 4 nitrogen and oxygen atoms in total. The number of methoxy groups -OCH3 is 2. The summed E-state index contributed by atoms with van der Waals surface area (Å²) >= 11 is 0. The Hall–Kier alpha value is -1.55. The number of piperidine rings is 1. The van der Waals surface area contributed by atoms with E-state index >= 15 is 0 Å². The van der Waals surface area contributed by atoms with E-state index in [0.29, 0.717) is 24.5 Å². The summed E-state index contributed by atoms with van der Waals surface area (Å²) in [5.41, 5.74) is 1.83. The average Bonchev–Trinajstić information content (AvgIpc) is 2.70. The van der Waals surface area contributed by atoms with Crippen LogP contribution in [0.15, 0.2) is 12.1 Å². The van der Waals surface area contributed by atoms with Crippen molar-refractivity contribution in [1.29, 1.82) is 0 Å². The quantitative estimate of drug-likeness (QED) is 0.831. The molecular weight excluding hydrogens is 290 g/mol. The molecule has 126 valence electrons. The Kier molecular flexibility index (Phi) is 2.56. The maximum Gasteiger partial charge on any atom is 0.161 e. The van der Waals surface area contributed by atoms with Gasteiger partial charge in [-0.1, -0.05) is 19.6 Å². The molecule has 3 rings (SSSR count). The van der Waals surface area contributed by atoms with Crippen LogP contribution >= 0.6 is 0 Å². The topological polar surface area (TPSA) is 38.8 Å². The molecule has 23 heavy (non-hydrogen) atoms. The van der Waals surface area contributed by atoms with Gasteiger partial charge in [0.15, 0.2) is 11.5 Å². The van der Waals surface area contributed by atoms with Gasteiger partial charge in [0.2, 0.25) is 0 Å². The van der Waals surface area contributed by atoms with Crippen molar-refractivity contribution in [2.24, 2.45) is 5.92 Å². The first-order valence-electron chi connectivity index (χ1n) is 12.1. The Morgan fingerprint density at radius 3 is 2.87 bits per heavy atom. The lowest BCUT2D eigenvalue weighted by molar-refractivity contribution is -0.129. The highest BCUT2D eigenvalue weighted by Crippen LogP contribution is 2.42. The van der Waals surface area contributed by atoms with Crippen LogP contribution in [0.25, 0.3) is 0 Å². The van der Waals surface area contributed by atoms with Gasteiger partial charge >= 0.3 is 0 Å². The number of fused-ring (bicyclic) bond motifs is 3. The molecular formula is C19H27NO3. The van der Waals surface area contributed by atoms with Gasteiger partial charge in [-0.3, -0.25) is 9.69 Å². The lowest BCUT2D eigenvalue weighted by Crippen LogP contribution is -2.46. The lowest BCUT2D eigenvalue weighted by Gasteiger charge is -2.43. The third-order valence-electron chi connectivity index (χ3n) is 4.62. The summed E-state index contributed by atoms with van der Waals surface area (Å²) in [6, 6.07) is 3.29. The van der Waals surface area contributed by atoms with Crippen LogP contribution in [0.1, 0.15) is 61.9 Å². The number of hydrogen-bond acceptors (Lipinski definition) is 4. The van der Waals surface area contributed by atoms with Crippen LogP contribution in [0.5, 0.6) is 11.5 Å². The zero-order chi connectivity index (χ0) is 24.3. The van der Waals surface area contributed by atoms with E-state index in [2.05, 4.69) is 0 Å². The van der Waals surface area contributed by atoms with E-state index in [9.17, 15) is 4.79 Å². The average molecular weight is 326 g/mol. The minimum absolute atomic E-state index is 0.0977. The lowest BCUT2D eigenvalue weighted by atomic mass is 9.81. The van der Waals surface area contributed by atoms with Gasteiger partial charge in [0, 0.05) is 43.8 Å². The minimum Gasteiger partial charge on any atom is -0.493 e. The Morgan fingerprint density at radius 1 is 1.35 bits per heavy atom. The first kappa shape index (κ1) is 8.52. The highest BCUT2D eigenvalue weighted by Gasteiger charge is 2.38. The van der Waals surface area contributed by atoms with E-state index in [-0.39, 0.29) is 19.0 Å². The van der Waals surface area contributed by atoms with Crippen LogP contribution in [-0.4, -0.2) is 38.0 Å². The largest absolute Gasteiger partial charge is 0.493 e. The van der Waals surface area contributed by atoms with Gasteiger partial charge in [0.25, 0.3) is 0 Å². The third kappa shape index (κ3) is 3.09. The molecule has 1 fully saturated rings. The van der Waals surface area contributed by atoms with Gasteiger partial charge in [-0.2, -0.15) is 0 Å². The number of carbonyl (C=O) groups is 1. The molecule has 2 aliphatic heterocycles. The number of hydrogen-bond donors (Lipinski definition) is 0. The number of ketones is 1. The van der Waals surface area contributed by atoms with Crippen LogP contribution in [0.2, 0.25) is 0 Å². The first-order chi connectivity index (χ1) is 14.6. The van der Waals surface area contributed by atoms with Crippen molar-refractivity contribution in [3.8, 4) is 11.5 Å². The number of benzene rings is 1. The van der Waals surface area contributed by atoms with Crippen LogP contribution in [0, 0.1) is 5.92 Å². The standard InChI is InChI=1S/C19H27NO3/c1-4-5-6-14-12-20-8-7-13-9-18(22-2)19(23-3)10-15(13)16(20)11-17(14)21/h9-10,14,16H,4-8,11-12H2,1-3H3/i1D3,4D2,5D2,6D2. The molecule has 0 aliphatic carbocycles. The monoisotopic (exact) mass is 326 g/mol. The number of rotatable bonds is 5. The normalized spacial score (nSPS) is 32.3. The van der Waals surface area contributed by atoms with Crippen molar-refractivity contribution in [2.45, 2.75) is 44.9 Å². The molecule has 0 bridgehead atoms. The van der Waals surface area contributed by atoms with E-state index in [1.807, 2.05) is 11.0 Å². The maximum atomic E-state index is 13.1. The fourth-order valence-electron chi connectivity index (χ4n) is 3.46. The zero-order valence-electron chi connectivity index (χ0n) is 22.3. The molecule has 1 saturated heterocycles. The van der Waals surface area contributed by atoms with Crippen molar-refractivity contribution in [3.05, 3.63) is 23.3 Å². The Balaban J connectivity index is 1.94. The van der Waals surface area contributed by atoms with Crippen molar-refractivity contribution in [2.75, 3.05) is 27.3 Å². The number of ether oxygens (including phenoxy) is 2. The molecule has 0 saturated carbocycles. The van der Waals surface area contributed by atoms with Crippen LogP contribution in [0.4, 0.5) is 0 Å². The van der Waals surface area contributed by atoms with E-state index in [4.69, 9.17) is 21.8 Å². The molecule has 0 amide bonds. The summed E-state index contributed by atoms with van der Waals surface area (Å²) < 4.78 is 81.4. The molecule has 2 unspecified atom stereocenters. The first-order valence-corrected chi connectivity index (χ1v) is 7.61. The van der Waals surface area contributed by atoms with Crippen molar-refractivity contribution < 1.29 is 26.6 Å². The van der Waals surface area contributed by atoms with Gasteiger partial charge in [0.05, 0.1) is 14.2 Å². The number of carbonyl (C=O) groups excluding carboxylic acids is 1. The predicted octanol–water partition coefficient (Wildman–Crippen LogP) is 3.38. The highest BCUT2D eigenvalue weighted by molar-refractivity contribution is 5.83.